The SMILES string of the molecule is COCCCN1C(=O)[C@H](n2nnc3ccccc32)[C@H]1c1cccc2c1OCCO2. The lowest BCUT2D eigenvalue weighted by Crippen LogP contribution is -2.56. The molecule has 5 rings (SSSR count). The predicted octanol–water partition coefficient (Wildman–Crippen LogP) is 2.36. The number of methoxy groups -OCH3 is 1. The maximum absolute atomic E-state index is 13.2. The van der Waals surface area contributed by atoms with Gasteiger partial charge >= 0.3 is 0 Å². The second kappa shape index (κ2) is 7.36. The third kappa shape index (κ3) is 2.91. The first kappa shape index (κ1) is 17.9. The van der Waals surface area contributed by atoms with E-state index >= 15 is 0 Å². The highest BCUT2D eigenvalue weighted by molar-refractivity contribution is 5.90. The summed E-state index contributed by atoms with van der Waals surface area (Å²) in [6, 6.07) is 12.8. The van der Waals surface area contributed by atoms with E-state index in [0.29, 0.717) is 37.9 Å². The standard InChI is InChI=1S/C21H22N4O4/c1-27-11-5-10-24-18(14-6-4-9-17-20(14)29-13-12-28-17)19(21(24)26)25-16-8-3-2-7-15(16)22-23-25/h2-4,6-9,18-19H,5,10-13H2,1H3/t18-,19-/m1/s1. The molecular weight excluding hydrogens is 372 g/mol. The molecule has 1 amide bonds. The van der Waals surface area contributed by atoms with Gasteiger partial charge in [-0.15, -0.1) is 5.10 Å². The molecule has 0 saturated carbocycles. The molecule has 0 radical (unpaired) electrons. The topological polar surface area (TPSA) is 78.7 Å². The Bertz CT molecular complexity index is 1050. The van der Waals surface area contributed by atoms with Crippen LogP contribution in [0.4, 0.5) is 0 Å². The Hall–Kier alpha value is -3.13. The van der Waals surface area contributed by atoms with Gasteiger partial charge in [0, 0.05) is 25.8 Å². The molecule has 0 aliphatic carbocycles. The molecule has 2 atom stereocenters. The molecule has 29 heavy (non-hydrogen) atoms. The summed E-state index contributed by atoms with van der Waals surface area (Å²) in [6.07, 6.45) is 0.760. The number of aromatic nitrogens is 3. The molecule has 1 fully saturated rings. The third-order valence-electron chi connectivity index (χ3n) is 5.47. The van der Waals surface area contributed by atoms with Gasteiger partial charge < -0.3 is 19.1 Å². The average molecular weight is 394 g/mol. The van der Waals surface area contributed by atoms with E-state index in [1.54, 1.807) is 11.8 Å². The molecule has 3 aromatic rings. The van der Waals surface area contributed by atoms with E-state index in [4.69, 9.17) is 14.2 Å². The summed E-state index contributed by atoms with van der Waals surface area (Å²) < 4.78 is 18.6. The van der Waals surface area contributed by atoms with E-state index in [0.717, 1.165) is 23.0 Å². The Labute approximate surface area is 168 Å². The zero-order valence-corrected chi connectivity index (χ0v) is 16.2. The smallest absolute Gasteiger partial charge is 0.250 e. The molecule has 0 bridgehead atoms. The number of carbonyl (C=O) groups excluding carboxylic acids is 1. The van der Waals surface area contributed by atoms with Crippen molar-refractivity contribution in [2.75, 3.05) is 33.5 Å². The van der Waals surface area contributed by atoms with E-state index in [2.05, 4.69) is 10.3 Å². The number of β-lactam (4-membered cyclic amide) rings is 1. The second-order valence-electron chi connectivity index (χ2n) is 7.16. The van der Waals surface area contributed by atoms with Gasteiger partial charge in [0.05, 0.1) is 11.6 Å². The zero-order chi connectivity index (χ0) is 19.8. The van der Waals surface area contributed by atoms with Crippen LogP contribution in [-0.2, 0) is 9.53 Å². The highest BCUT2D eigenvalue weighted by Crippen LogP contribution is 2.49. The molecule has 1 aromatic heterocycles. The van der Waals surface area contributed by atoms with E-state index in [1.807, 2.05) is 47.4 Å². The van der Waals surface area contributed by atoms with Crippen molar-refractivity contribution >= 4 is 16.9 Å². The summed E-state index contributed by atoms with van der Waals surface area (Å²) in [5, 5.41) is 8.55. The van der Waals surface area contributed by atoms with Crippen LogP contribution in [0.1, 0.15) is 24.1 Å². The quantitative estimate of drug-likeness (QED) is 0.472. The van der Waals surface area contributed by atoms with Gasteiger partial charge in [-0.05, 0) is 24.6 Å². The van der Waals surface area contributed by atoms with Crippen LogP contribution in [0.3, 0.4) is 0 Å². The van der Waals surface area contributed by atoms with Crippen LogP contribution in [0.2, 0.25) is 0 Å². The number of carbonyl (C=O) groups is 1. The van der Waals surface area contributed by atoms with Crippen molar-refractivity contribution in [1.29, 1.82) is 0 Å². The largest absolute Gasteiger partial charge is 0.486 e. The monoisotopic (exact) mass is 394 g/mol. The summed E-state index contributed by atoms with van der Waals surface area (Å²) in [6.45, 7) is 2.21. The number of nitrogens with zero attached hydrogens (tertiary/aromatic N) is 4. The Morgan fingerprint density at radius 3 is 2.86 bits per heavy atom. The Balaban J connectivity index is 1.57. The van der Waals surface area contributed by atoms with Gasteiger partial charge in [0.2, 0.25) is 0 Å². The number of para-hydroxylation sites is 2. The van der Waals surface area contributed by atoms with Crippen molar-refractivity contribution in [3.63, 3.8) is 0 Å². The second-order valence-corrected chi connectivity index (χ2v) is 7.16. The molecule has 0 N–H and O–H groups in total. The minimum atomic E-state index is -0.470. The third-order valence-corrected chi connectivity index (χ3v) is 5.47. The molecule has 2 aliphatic heterocycles. The van der Waals surface area contributed by atoms with E-state index in [-0.39, 0.29) is 11.9 Å². The van der Waals surface area contributed by atoms with Gasteiger partial charge in [0.15, 0.2) is 17.5 Å². The molecule has 2 aromatic carbocycles. The van der Waals surface area contributed by atoms with Crippen LogP contribution >= 0.6 is 0 Å². The number of benzene rings is 2. The number of amides is 1. The van der Waals surface area contributed by atoms with Crippen LogP contribution in [0, 0.1) is 0 Å². The number of fused-ring (bicyclic) bond motifs is 2. The van der Waals surface area contributed by atoms with Crippen LogP contribution in [0.15, 0.2) is 42.5 Å². The molecule has 8 heteroatoms. The van der Waals surface area contributed by atoms with Crippen molar-refractivity contribution in [3.8, 4) is 11.5 Å². The molecule has 2 aliphatic rings. The van der Waals surface area contributed by atoms with Crippen LogP contribution < -0.4 is 9.47 Å². The van der Waals surface area contributed by atoms with Crippen LogP contribution in [0.25, 0.3) is 11.0 Å². The molecular formula is C21H22N4O4. The molecule has 1 saturated heterocycles. The fourth-order valence-corrected chi connectivity index (χ4v) is 4.16. The van der Waals surface area contributed by atoms with Crippen molar-refractivity contribution in [3.05, 3.63) is 48.0 Å². The summed E-state index contributed by atoms with van der Waals surface area (Å²) in [5.74, 6) is 1.45. The maximum atomic E-state index is 13.2. The van der Waals surface area contributed by atoms with Gasteiger partial charge in [-0.2, -0.15) is 0 Å². The van der Waals surface area contributed by atoms with Gasteiger partial charge in [0.25, 0.3) is 5.91 Å². The van der Waals surface area contributed by atoms with Crippen molar-refractivity contribution in [2.24, 2.45) is 0 Å². The molecule has 3 heterocycles. The number of hydrogen-bond acceptors (Lipinski definition) is 6. The number of hydrogen-bond donors (Lipinski definition) is 0. The van der Waals surface area contributed by atoms with Crippen molar-refractivity contribution in [2.45, 2.75) is 18.5 Å². The summed E-state index contributed by atoms with van der Waals surface area (Å²) >= 11 is 0. The van der Waals surface area contributed by atoms with Gasteiger partial charge in [-0.3, -0.25) is 4.79 Å². The first-order valence-corrected chi connectivity index (χ1v) is 9.77. The Morgan fingerprint density at radius 2 is 1.97 bits per heavy atom. The fraction of sp³-hybridized carbons (Fsp3) is 0.381. The molecule has 8 nitrogen and oxygen atoms in total. The van der Waals surface area contributed by atoms with E-state index in [1.165, 1.54) is 0 Å². The summed E-state index contributed by atoms with van der Waals surface area (Å²) in [5.41, 5.74) is 2.55. The minimum Gasteiger partial charge on any atom is -0.486 e. The number of rotatable bonds is 6. The minimum absolute atomic E-state index is 0.0242. The highest BCUT2D eigenvalue weighted by Gasteiger charge is 2.51. The van der Waals surface area contributed by atoms with Gasteiger partial charge in [0.1, 0.15) is 18.7 Å². The first-order chi connectivity index (χ1) is 14.3. The zero-order valence-electron chi connectivity index (χ0n) is 16.2. The van der Waals surface area contributed by atoms with Gasteiger partial charge in [-0.25, -0.2) is 4.68 Å². The van der Waals surface area contributed by atoms with Crippen molar-refractivity contribution in [1.82, 2.24) is 19.9 Å². The predicted molar refractivity (Wildman–Crippen MR) is 105 cm³/mol. The number of ether oxygens (including phenoxy) is 3. The summed E-state index contributed by atoms with van der Waals surface area (Å²) in [7, 11) is 1.67. The van der Waals surface area contributed by atoms with Crippen LogP contribution in [0.5, 0.6) is 11.5 Å². The van der Waals surface area contributed by atoms with Gasteiger partial charge in [-0.1, -0.05) is 29.5 Å². The molecule has 150 valence electrons. The highest BCUT2D eigenvalue weighted by atomic mass is 16.6. The maximum Gasteiger partial charge on any atom is 0.250 e. The van der Waals surface area contributed by atoms with Crippen LogP contribution in [-0.4, -0.2) is 59.3 Å². The lowest BCUT2D eigenvalue weighted by atomic mass is 9.87. The molecule has 0 spiro atoms. The van der Waals surface area contributed by atoms with Crippen molar-refractivity contribution < 1.29 is 19.0 Å². The first-order valence-electron chi connectivity index (χ1n) is 9.77. The van der Waals surface area contributed by atoms with E-state index in [9.17, 15) is 4.79 Å². The Kier molecular flexibility index (Phi) is 4.55. The van der Waals surface area contributed by atoms with E-state index < -0.39 is 6.04 Å². The Morgan fingerprint density at radius 1 is 1.10 bits per heavy atom. The summed E-state index contributed by atoms with van der Waals surface area (Å²) in [4.78, 5) is 15.0. The fourth-order valence-electron chi connectivity index (χ4n) is 4.16. The lowest BCUT2D eigenvalue weighted by Gasteiger charge is -2.47. The lowest BCUT2D eigenvalue weighted by molar-refractivity contribution is -0.156. The number of likely N-dealkylation sites (tertiary alicyclic amines) is 1. The normalized spacial score (nSPS) is 20.7. The average Bonchev–Trinajstić information content (AvgIpc) is 3.18. The molecule has 0 unspecified atom stereocenters.